The van der Waals surface area contributed by atoms with Crippen molar-refractivity contribution in [2.45, 2.75) is 19.8 Å². The SMILES string of the molecule is CC(C)c1nc2ncc(C(=O)O)c(=O)n2[nH]1. The quantitative estimate of drug-likeness (QED) is 0.758. The van der Waals surface area contributed by atoms with Gasteiger partial charge in [-0.15, -0.1) is 0 Å². The molecule has 0 saturated carbocycles. The molecule has 16 heavy (non-hydrogen) atoms. The molecule has 0 radical (unpaired) electrons. The Bertz CT molecular complexity index is 611. The highest BCUT2D eigenvalue weighted by molar-refractivity contribution is 5.86. The van der Waals surface area contributed by atoms with Crippen molar-refractivity contribution >= 4 is 11.7 Å². The number of carbonyl (C=O) groups is 1. The minimum Gasteiger partial charge on any atom is -0.477 e. The summed E-state index contributed by atoms with van der Waals surface area (Å²) in [7, 11) is 0. The fourth-order valence-electron chi connectivity index (χ4n) is 1.28. The highest BCUT2D eigenvalue weighted by atomic mass is 16.4. The van der Waals surface area contributed by atoms with Gasteiger partial charge in [-0.25, -0.2) is 9.78 Å². The first-order valence-electron chi connectivity index (χ1n) is 4.71. The zero-order valence-corrected chi connectivity index (χ0v) is 8.76. The van der Waals surface area contributed by atoms with Gasteiger partial charge in [0.1, 0.15) is 11.4 Å². The second kappa shape index (κ2) is 3.44. The highest BCUT2D eigenvalue weighted by Gasteiger charge is 2.14. The van der Waals surface area contributed by atoms with Gasteiger partial charge in [0, 0.05) is 5.92 Å². The van der Waals surface area contributed by atoms with Crippen molar-refractivity contribution in [3.05, 3.63) is 27.9 Å². The van der Waals surface area contributed by atoms with Gasteiger partial charge in [-0.3, -0.25) is 9.89 Å². The molecule has 0 amide bonds. The monoisotopic (exact) mass is 222 g/mol. The number of H-pyrrole nitrogens is 1. The van der Waals surface area contributed by atoms with Gasteiger partial charge in [-0.1, -0.05) is 13.8 Å². The normalized spacial score (nSPS) is 11.2. The molecular formula is C9H10N4O3. The number of nitrogens with one attached hydrogen (secondary N) is 1. The fourth-order valence-corrected chi connectivity index (χ4v) is 1.28. The van der Waals surface area contributed by atoms with E-state index in [-0.39, 0.29) is 17.3 Å². The van der Waals surface area contributed by atoms with Crippen LogP contribution in [-0.4, -0.2) is 30.7 Å². The second-order valence-corrected chi connectivity index (χ2v) is 3.68. The number of hydrogen-bond donors (Lipinski definition) is 2. The van der Waals surface area contributed by atoms with E-state index in [1.165, 1.54) is 0 Å². The number of nitrogens with zero attached hydrogens (tertiary/aromatic N) is 3. The summed E-state index contributed by atoms with van der Waals surface area (Å²) in [6.07, 6.45) is 1.02. The van der Waals surface area contributed by atoms with Crippen molar-refractivity contribution in [2.24, 2.45) is 0 Å². The molecular weight excluding hydrogens is 212 g/mol. The predicted molar refractivity (Wildman–Crippen MR) is 54.7 cm³/mol. The molecule has 0 bridgehead atoms. The Kier molecular flexibility index (Phi) is 2.22. The zero-order valence-electron chi connectivity index (χ0n) is 8.76. The number of aromatic carboxylic acids is 1. The maximum atomic E-state index is 11.7. The molecule has 2 aromatic heterocycles. The molecule has 7 nitrogen and oxygen atoms in total. The van der Waals surface area contributed by atoms with Crippen molar-refractivity contribution in [3.63, 3.8) is 0 Å². The third kappa shape index (κ3) is 1.46. The molecule has 84 valence electrons. The number of carboxylic acids is 1. The molecule has 0 atom stereocenters. The second-order valence-electron chi connectivity index (χ2n) is 3.68. The molecule has 0 aliphatic heterocycles. The first-order chi connectivity index (χ1) is 7.50. The van der Waals surface area contributed by atoms with E-state index in [2.05, 4.69) is 15.1 Å². The van der Waals surface area contributed by atoms with Crippen LogP contribution < -0.4 is 5.56 Å². The predicted octanol–water partition coefficient (Wildman–Crippen LogP) is 0.239. The molecule has 0 aromatic carbocycles. The van der Waals surface area contributed by atoms with Crippen LogP contribution in [0, 0.1) is 0 Å². The molecule has 2 rings (SSSR count). The van der Waals surface area contributed by atoms with Crippen LogP contribution in [0.1, 0.15) is 35.9 Å². The summed E-state index contributed by atoms with van der Waals surface area (Å²) >= 11 is 0. The van der Waals surface area contributed by atoms with Crippen LogP contribution in [0.5, 0.6) is 0 Å². The van der Waals surface area contributed by atoms with Crippen molar-refractivity contribution in [1.82, 2.24) is 19.6 Å². The molecule has 2 heterocycles. The van der Waals surface area contributed by atoms with Gasteiger partial charge >= 0.3 is 5.97 Å². The lowest BCUT2D eigenvalue weighted by molar-refractivity contribution is 0.0694. The highest BCUT2D eigenvalue weighted by Crippen LogP contribution is 2.08. The summed E-state index contributed by atoms with van der Waals surface area (Å²) in [4.78, 5) is 30.3. The zero-order chi connectivity index (χ0) is 11.9. The fraction of sp³-hybridized carbons (Fsp3) is 0.333. The van der Waals surface area contributed by atoms with Crippen LogP contribution in [0.15, 0.2) is 11.0 Å². The van der Waals surface area contributed by atoms with E-state index in [0.717, 1.165) is 10.7 Å². The Morgan fingerprint density at radius 1 is 1.56 bits per heavy atom. The maximum absolute atomic E-state index is 11.7. The lowest BCUT2D eigenvalue weighted by Gasteiger charge is -1.95. The first-order valence-corrected chi connectivity index (χ1v) is 4.71. The third-order valence-electron chi connectivity index (χ3n) is 2.17. The summed E-state index contributed by atoms with van der Waals surface area (Å²) in [5.74, 6) is -0.423. The molecule has 7 heteroatoms. The third-order valence-corrected chi connectivity index (χ3v) is 2.17. The summed E-state index contributed by atoms with van der Waals surface area (Å²) in [5.41, 5.74) is -1.03. The molecule has 2 N–H and O–H groups in total. The van der Waals surface area contributed by atoms with E-state index in [0.29, 0.717) is 5.82 Å². The van der Waals surface area contributed by atoms with E-state index in [4.69, 9.17) is 5.11 Å². The van der Waals surface area contributed by atoms with E-state index < -0.39 is 11.5 Å². The van der Waals surface area contributed by atoms with Crippen LogP contribution in [-0.2, 0) is 0 Å². The number of hydrogen-bond acceptors (Lipinski definition) is 4. The average Bonchev–Trinajstić information content (AvgIpc) is 2.62. The van der Waals surface area contributed by atoms with E-state index in [9.17, 15) is 9.59 Å². The smallest absolute Gasteiger partial charge is 0.343 e. The van der Waals surface area contributed by atoms with Gasteiger partial charge in [0.2, 0.25) is 0 Å². The van der Waals surface area contributed by atoms with Gasteiger partial charge in [0.25, 0.3) is 11.3 Å². The van der Waals surface area contributed by atoms with E-state index >= 15 is 0 Å². The van der Waals surface area contributed by atoms with Gasteiger partial charge in [0.15, 0.2) is 0 Å². The topological polar surface area (TPSA) is 100 Å². The molecule has 0 fully saturated rings. The van der Waals surface area contributed by atoms with Gasteiger partial charge in [-0.05, 0) is 0 Å². The summed E-state index contributed by atoms with van der Waals surface area (Å²) in [5, 5.41) is 11.5. The summed E-state index contributed by atoms with van der Waals surface area (Å²) in [6.45, 7) is 3.81. The van der Waals surface area contributed by atoms with Crippen LogP contribution in [0.2, 0.25) is 0 Å². The van der Waals surface area contributed by atoms with Crippen molar-refractivity contribution < 1.29 is 9.90 Å². The summed E-state index contributed by atoms with van der Waals surface area (Å²) in [6, 6.07) is 0. The van der Waals surface area contributed by atoms with Gasteiger partial charge in [-0.2, -0.15) is 9.50 Å². The lowest BCUT2D eigenvalue weighted by Crippen LogP contribution is -2.23. The Labute approximate surface area is 89.8 Å². The van der Waals surface area contributed by atoms with Crippen molar-refractivity contribution in [3.8, 4) is 0 Å². The minimum absolute atomic E-state index is 0.106. The average molecular weight is 222 g/mol. The number of aromatic amines is 1. The number of rotatable bonds is 2. The summed E-state index contributed by atoms with van der Waals surface area (Å²) < 4.78 is 1.04. The Morgan fingerprint density at radius 2 is 2.25 bits per heavy atom. The first kappa shape index (κ1) is 10.3. The number of fused-ring (bicyclic) bond motifs is 1. The van der Waals surface area contributed by atoms with Crippen LogP contribution in [0.3, 0.4) is 0 Å². The molecule has 0 saturated heterocycles. The molecule has 0 unspecified atom stereocenters. The minimum atomic E-state index is -1.30. The van der Waals surface area contributed by atoms with Gasteiger partial charge in [0.05, 0.1) is 6.20 Å². The largest absolute Gasteiger partial charge is 0.477 e. The van der Waals surface area contributed by atoms with Crippen LogP contribution in [0.4, 0.5) is 0 Å². The Morgan fingerprint density at radius 3 is 2.81 bits per heavy atom. The van der Waals surface area contributed by atoms with Crippen molar-refractivity contribution in [2.75, 3.05) is 0 Å². The van der Waals surface area contributed by atoms with Crippen molar-refractivity contribution in [1.29, 1.82) is 0 Å². The molecule has 0 aliphatic rings. The molecule has 0 aliphatic carbocycles. The van der Waals surface area contributed by atoms with Crippen LogP contribution >= 0.6 is 0 Å². The van der Waals surface area contributed by atoms with E-state index in [1.54, 1.807) is 0 Å². The van der Waals surface area contributed by atoms with Gasteiger partial charge < -0.3 is 5.11 Å². The number of carboxylic acid groups (broad SMARTS) is 1. The Balaban J connectivity index is 2.75. The van der Waals surface area contributed by atoms with Crippen LogP contribution in [0.25, 0.3) is 5.78 Å². The standard InChI is InChI=1S/C9H10N4O3/c1-4(2)6-11-9-10-3-5(8(15)16)7(14)13(9)12-6/h3-4H,1-2H3,(H,15,16)(H,10,11,12). The lowest BCUT2D eigenvalue weighted by atomic mass is 10.2. The maximum Gasteiger partial charge on any atom is 0.343 e. The number of aromatic nitrogens is 4. The molecule has 0 spiro atoms. The van der Waals surface area contributed by atoms with E-state index in [1.807, 2.05) is 13.8 Å². The Hall–Kier alpha value is -2.18. The molecule has 2 aromatic rings.